The van der Waals surface area contributed by atoms with E-state index in [2.05, 4.69) is 37.1 Å². The van der Waals surface area contributed by atoms with Crippen LogP contribution in [0.2, 0.25) is 0 Å². The molecule has 18 heavy (non-hydrogen) atoms. The predicted octanol–water partition coefficient (Wildman–Crippen LogP) is 2.42. The normalized spacial score (nSPS) is 10.4. The molecule has 1 heterocycles. The van der Waals surface area contributed by atoms with Crippen LogP contribution in [0.25, 0.3) is 0 Å². The zero-order chi connectivity index (χ0) is 13.5. The fourth-order valence-electron chi connectivity index (χ4n) is 1.29. The fourth-order valence-corrected chi connectivity index (χ4v) is 1.96. The molecule has 5 nitrogen and oxygen atoms in total. The van der Waals surface area contributed by atoms with Crippen LogP contribution in [0.1, 0.15) is 13.8 Å². The van der Waals surface area contributed by atoms with Crippen molar-refractivity contribution in [3.63, 3.8) is 0 Å². The lowest BCUT2D eigenvalue weighted by Gasteiger charge is -2.17. The van der Waals surface area contributed by atoms with Crippen molar-refractivity contribution < 1.29 is 4.79 Å². The Balaban J connectivity index is 2.77. The van der Waals surface area contributed by atoms with Crippen molar-refractivity contribution in [2.45, 2.75) is 24.3 Å². The summed E-state index contributed by atoms with van der Waals surface area (Å²) < 4.78 is 1.25. The average Bonchev–Trinajstić information content (AvgIpc) is 2.75. The maximum absolute atomic E-state index is 12.1. The van der Waals surface area contributed by atoms with Gasteiger partial charge >= 0.3 is 6.03 Å². The van der Waals surface area contributed by atoms with Crippen molar-refractivity contribution in [2.24, 2.45) is 0 Å². The van der Waals surface area contributed by atoms with Gasteiger partial charge in [0.15, 0.2) is 0 Å². The minimum absolute atomic E-state index is 0.224. The Morgan fingerprint density at radius 1 is 1.50 bits per heavy atom. The second kappa shape index (κ2) is 7.00. The number of nitrogens with zero attached hydrogens (tertiary/aromatic N) is 4. The first-order valence-corrected chi connectivity index (χ1v) is 6.55. The van der Waals surface area contributed by atoms with Crippen molar-refractivity contribution >= 4 is 17.8 Å². The molecular formula is C12H18N4OS. The standard InChI is InChI=1S/C12H18N4OS/c1-5-7-15(8-6-2)12(17)16-9-13-11(14-16)18-10(3)4/h5-6,9-10H,1-2,7-8H2,3-4H3. The highest BCUT2D eigenvalue weighted by Gasteiger charge is 2.15. The number of aromatic nitrogens is 3. The number of rotatable bonds is 6. The van der Waals surface area contributed by atoms with Gasteiger partial charge in [-0.05, 0) is 0 Å². The molecule has 0 radical (unpaired) electrons. The minimum Gasteiger partial charge on any atom is -0.315 e. The summed E-state index contributed by atoms with van der Waals surface area (Å²) in [5.41, 5.74) is 0. The number of amides is 1. The van der Waals surface area contributed by atoms with E-state index in [1.807, 2.05) is 0 Å². The largest absolute Gasteiger partial charge is 0.346 e. The number of hydrogen-bond acceptors (Lipinski definition) is 4. The summed E-state index contributed by atoms with van der Waals surface area (Å²) in [5, 5.41) is 5.13. The summed E-state index contributed by atoms with van der Waals surface area (Å²) >= 11 is 1.52. The summed E-state index contributed by atoms with van der Waals surface area (Å²) in [6, 6.07) is -0.224. The molecule has 1 aromatic rings. The number of carbonyl (C=O) groups excluding carboxylic acids is 1. The molecule has 6 heteroatoms. The molecule has 0 saturated carbocycles. The lowest BCUT2D eigenvalue weighted by molar-refractivity contribution is 0.206. The molecule has 0 unspecified atom stereocenters. The first-order valence-electron chi connectivity index (χ1n) is 5.67. The van der Waals surface area contributed by atoms with Gasteiger partial charge in [0, 0.05) is 18.3 Å². The van der Waals surface area contributed by atoms with Gasteiger partial charge in [-0.25, -0.2) is 9.78 Å². The van der Waals surface area contributed by atoms with Crippen LogP contribution in [0.5, 0.6) is 0 Å². The van der Waals surface area contributed by atoms with Crippen LogP contribution in [0.3, 0.4) is 0 Å². The van der Waals surface area contributed by atoms with Crippen molar-refractivity contribution in [3.8, 4) is 0 Å². The highest BCUT2D eigenvalue weighted by atomic mass is 32.2. The lowest BCUT2D eigenvalue weighted by Crippen LogP contribution is -2.35. The van der Waals surface area contributed by atoms with Crippen LogP contribution < -0.4 is 0 Å². The Morgan fingerprint density at radius 3 is 2.61 bits per heavy atom. The Labute approximate surface area is 112 Å². The van der Waals surface area contributed by atoms with Crippen molar-refractivity contribution in [2.75, 3.05) is 13.1 Å². The molecule has 0 aliphatic carbocycles. The summed E-state index contributed by atoms with van der Waals surface area (Å²) in [4.78, 5) is 17.8. The molecule has 0 fully saturated rings. The van der Waals surface area contributed by atoms with E-state index >= 15 is 0 Å². The van der Waals surface area contributed by atoms with Crippen LogP contribution >= 0.6 is 11.8 Å². The zero-order valence-electron chi connectivity index (χ0n) is 10.7. The third-order valence-corrected chi connectivity index (χ3v) is 2.85. The number of carbonyl (C=O) groups is 1. The molecule has 1 aromatic heterocycles. The summed E-state index contributed by atoms with van der Waals surface area (Å²) in [6.45, 7) is 12.3. The van der Waals surface area contributed by atoms with Gasteiger partial charge < -0.3 is 4.90 Å². The Kier molecular flexibility index (Phi) is 5.64. The van der Waals surface area contributed by atoms with E-state index in [1.165, 1.54) is 22.8 Å². The summed E-state index contributed by atoms with van der Waals surface area (Å²) in [7, 11) is 0. The van der Waals surface area contributed by atoms with Crippen LogP contribution in [-0.2, 0) is 0 Å². The topological polar surface area (TPSA) is 51.0 Å². The monoisotopic (exact) mass is 266 g/mol. The van der Waals surface area contributed by atoms with Gasteiger partial charge in [0.05, 0.1) is 0 Å². The maximum Gasteiger partial charge on any atom is 0.346 e. The molecular weight excluding hydrogens is 248 g/mol. The van der Waals surface area contributed by atoms with Crippen molar-refractivity contribution in [1.82, 2.24) is 19.7 Å². The second-order valence-corrected chi connectivity index (χ2v) is 5.45. The van der Waals surface area contributed by atoms with Gasteiger partial charge in [0.1, 0.15) is 6.33 Å². The Bertz CT molecular complexity index is 417. The average molecular weight is 266 g/mol. The molecule has 1 rings (SSSR count). The fraction of sp³-hybridized carbons (Fsp3) is 0.417. The van der Waals surface area contributed by atoms with Gasteiger partial charge in [0.2, 0.25) is 5.16 Å². The van der Waals surface area contributed by atoms with Gasteiger partial charge in [-0.15, -0.1) is 18.3 Å². The summed E-state index contributed by atoms with van der Waals surface area (Å²) in [5.74, 6) is 0. The van der Waals surface area contributed by atoms with Crippen molar-refractivity contribution in [3.05, 3.63) is 31.6 Å². The zero-order valence-corrected chi connectivity index (χ0v) is 11.6. The van der Waals surface area contributed by atoms with E-state index in [0.717, 1.165) is 0 Å². The van der Waals surface area contributed by atoms with E-state index in [-0.39, 0.29) is 6.03 Å². The van der Waals surface area contributed by atoms with Crippen LogP contribution in [0.4, 0.5) is 4.79 Å². The molecule has 0 aliphatic rings. The lowest BCUT2D eigenvalue weighted by atomic mass is 10.5. The molecule has 1 amide bonds. The van der Waals surface area contributed by atoms with Crippen LogP contribution in [-0.4, -0.2) is 44.0 Å². The molecule has 0 aliphatic heterocycles. The number of hydrogen-bond donors (Lipinski definition) is 0. The van der Waals surface area contributed by atoms with E-state index in [9.17, 15) is 4.79 Å². The Hall–Kier alpha value is -1.56. The van der Waals surface area contributed by atoms with Gasteiger partial charge in [-0.1, -0.05) is 37.8 Å². The molecule has 0 N–H and O–H groups in total. The quantitative estimate of drug-likeness (QED) is 0.586. The predicted molar refractivity (Wildman–Crippen MR) is 73.8 cm³/mol. The highest BCUT2D eigenvalue weighted by Crippen LogP contribution is 2.17. The van der Waals surface area contributed by atoms with Gasteiger partial charge in [-0.3, -0.25) is 0 Å². The molecule has 0 spiro atoms. The van der Waals surface area contributed by atoms with Gasteiger partial charge in [-0.2, -0.15) is 4.68 Å². The molecule has 0 aromatic carbocycles. The van der Waals surface area contributed by atoms with Crippen LogP contribution in [0.15, 0.2) is 36.8 Å². The van der Waals surface area contributed by atoms with Crippen molar-refractivity contribution in [1.29, 1.82) is 0 Å². The van der Waals surface area contributed by atoms with Crippen LogP contribution in [0, 0.1) is 0 Å². The Morgan fingerprint density at radius 2 is 2.11 bits per heavy atom. The van der Waals surface area contributed by atoms with E-state index in [0.29, 0.717) is 23.5 Å². The molecule has 0 bridgehead atoms. The third-order valence-electron chi connectivity index (χ3n) is 1.98. The first kappa shape index (κ1) is 14.5. The molecule has 0 atom stereocenters. The third kappa shape index (κ3) is 4.03. The second-order valence-electron chi connectivity index (χ2n) is 3.90. The summed E-state index contributed by atoms with van der Waals surface area (Å²) in [6.07, 6.45) is 4.77. The number of thioether (sulfide) groups is 1. The maximum atomic E-state index is 12.1. The smallest absolute Gasteiger partial charge is 0.315 e. The minimum atomic E-state index is -0.224. The molecule has 98 valence electrons. The van der Waals surface area contributed by atoms with Gasteiger partial charge in [0.25, 0.3) is 0 Å². The van der Waals surface area contributed by atoms with E-state index < -0.39 is 0 Å². The SMILES string of the molecule is C=CCN(CC=C)C(=O)n1cnc(SC(C)C)n1. The van der Waals surface area contributed by atoms with E-state index in [4.69, 9.17) is 0 Å². The molecule has 0 saturated heterocycles. The van der Waals surface area contributed by atoms with E-state index in [1.54, 1.807) is 17.1 Å². The first-order chi connectivity index (χ1) is 8.58. The highest BCUT2D eigenvalue weighted by molar-refractivity contribution is 7.99.